The van der Waals surface area contributed by atoms with Gasteiger partial charge in [-0.25, -0.2) is 0 Å². The Labute approximate surface area is 130 Å². The topological polar surface area (TPSA) is 57.8 Å². The van der Waals surface area contributed by atoms with Crippen LogP contribution in [0.25, 0.3) is 10.9 Å². The van der Waals surface area contributed by atoms with Gasteiger partial charge in [-0.2, -0.15) is 0 Å². The van der Waals surface area contributed by atoms with Gasteiger partial charge in [0.15, 0.2) is 0 Å². The summed E-state index contributed by atoms with van der Waals surface area (Å²) in [4.78, 5) is 19.6. The van der Waals surface area contributed by atoms with Crippen LogP contribution in [-0.2, 0) is 0 Å². The number of aromatic nitrogens is 2. The van der Waals surface area contributed by atoms with Crippen molar-refractivity contribution in [1.29, 1.82) is 0 Å². The highest BCUT2D eigenvalue weighted by atomic mass is 79.9. The second kappa shape index (κ2) is 5.69. The fraction of sp³-hybridized carbons (Fsp3) is 0.125. The third kappa shape index (κ3) is 2.83. The molecular weight excluding hydrogens is 330 g/mol. The molecule has 1 aromatic carbocycles. The van der Waals surface area contributed by atoms with Crippen LogP contribution in [0.5, 0.6) is 0 Å². The van der Waals surface area contributed by atoms with Crippen LogP contribution in [0.2, 0.25) is 0 Å². The lowest BCUT2D eigenvalue weighted by atomic mass is 10.1. The zero-order valence-electron chi connectivity index (χ0n) is 11.4. The Hall–Kier alpha value is -2.14. The van der Waals surface area contributed by atoms with Crippen LogP contribution in [0.4, 0.5) is 0 Å². The van der Waals surface area contributed by atoms with E-state index in [0.717, 1.165) is 20.9 Å². The zero-order chi connectivity index (χ0) is 14.8. The summed E-state index contributed by atoms with van der Waals surface area (Å²) in [6.45, 7) is 1.94. The molecule has 2 aromatic heterocycles. The van der Waals surface area contributed by atoms with Gasteiger partial charge in [0.25, 0.3) is 5.91 Å². The van der Waals surface area contributed by atoms with E-state index in [4.69, 9.17) is 0 Å². The van der Waals surface area contributed by atoms with E-state index in [2.05, 4.69) is 31.2 Å². The van der Waals surface area contributed by atoms with E-state index in [1.54, 1.807) is 18.6 Å². The molecule has 106 valence electrons. The minimum Gasteiger partial charge on any atom is -0.360 e. The van der Waals surface area contributed by atoms with E-state index >= 15 is 0 Å². The van der Waals surface area contributed by atoms with Crippen LogP contribution in [0.3, 0.4) is 0 Å². The molecule has 0 aliphatic heterocycles. The highest BCUT2D eigenvalue weighted by Gasteiger charge is 2.15. The molecule has 2 heterocycles. The van der Waals surface area contributed by atoms with Crippen molar-refractivity contribution in [2.45, 2.75) is 13.0 Å². The number of pyridine rings is 1. The van der Waals surface area contributed by atoms with Crippen LogP contribution in [0.1, 0.15) is 28.9 Å². The summed E-state index contributed by atoms with van der Waals surface area (Å²) in [7, 11) is 0. The first-order valence-corrected chi connectivity index (χ1v) is 7.42. The number of hydrogen-bond donors (Lipinski definition) is 2. The average molecular weight is 344 g/mol. The number of carbonyl (C=O) groups excluding carboxylic acids is 1. The van der Waals surface area contributed by atoms with Gasteiger partial charge in [-0.05, 0) is 36.8 Å². The Morgan fingerprint density at radius 1 is 1.38 bits per heavy atom. The lowest BCUT2D eigenvalue weighted by Crippen LogP contribution is -2.26. The van der Waals surface area contributed by atoms with E-state index in [-0.39, 0.29) is 11.9 Å². The summed E-state index contributed by atoms with van der Waals surface area (Å²) in [5, 5.41) is 3.90. The number of nitrogens with zero attached hydrogens (tertiary/aromatic N) is 1. The van der Waals surface area contributed by atoms with Gasteiger partial charge in [0.05, 0.1) is 11.6 Å². The summed E-state index contributed by atoms with van der Waals surface area (Å²) in [6, 6.07) is 9.54. The number of rotatable bonds is 3. The number of nitrogens with one attached hydrogen (secondary N) is 2. The number of hydrogen-bond acceptors (Lipinski definition) is 2. The smallest absolute Gasteiger partial charge is 0.253 e. The SMILES string of the molecule is C[C@H](NC(=O)c1c[nH]c2ccc(Br)cc12)c1cccnc1. The van der Waals surface area contributed by atoms with Crippen molar-refractivity contribution in [2.75, 3.05) is 0 Å². The van der Waals surface area contributed by atoms with E-state index in [1.165, 1.54) is 0 Å². The third-order valence-electron chi connectivity index (χ3n) is 3.42. The van der Waals surface area contributed by atoms with Gasteiger partial charge in [0.2, 0.25) is 0 Å². The summed E-state index contributed by atoms with van der Waals surface area (Å²) in [5.41, 5.74) is 2.56. The Kier molecular flexibility index (Phi) is 3.75. The first-order chi connectivity index (χ1) is 10.1. The van der Waals surface area contributed by atoms with E-state index in [0.29, 0.717) is 5.56 Å². The molecule has 1 amide bonds. The Morgan fingerprint density at radius 3 is 3.00 bits per heavy atom. The zero-order valence-corrected chi connectivity index (χ0v) is 13.0. The van der Waals surface area contributed by atoms with E-state index in [9.17, 15) is 4.79 Å². The lowest BCUT2D eigenvalue weighted by Gasteiger charge is -2.13. The summed E-state index contributed by atoms with van der Waals surface area (Å²) >= 11 is 3.43. The third-order valence-corrected chi connectivity index (χ3v) is 3.91. The fourth-order valence-corrected chi connectivity index (χ4v) is 2.63. The second-order valence-electron chi connectivity index (χ2n) is 4.87. The van der Waals surface area contributed by atoms with Gasteiger partial charge in [0, 0.05) is 34.0 Å². The van der Waals surface area contributed by atoms with E-state index in [1.807, 2.05) is 37.3 Å². The number of benzene rings is 1. The summed E-state index contributed by atoms with van der Waals surface area (Å²) in [5.74, 6) is -0.101. The van der Waals surface area contributed by atoms with Crippen LogP contribution in [-0.4, -0.2) is 15.9 Å². The quantitative estimate of drug-likeness (QED) is 0.759. The molecule has 0 unspecified atom stereocenters. The predicted molar refractivity (Wildman–Crippen MR) is 86.1 cm³/mol. The maximum absolute atomic E-state index is 12.4. The van der Waals surface area contributed by atoms with Gasteiger partial charge >= 0.3 is 0 Å². The molecule has 0 radical (unpaired) electrons. The Morgan fingerprint density at radius 2 is 2.24 bits per heavy atom. The molecule has 0 spiro atoms. The first-order valence-electron chi connectivity index (χ1n) is 6.62. The van der Waals surface area contributed by atoms with Crippen molar-refractivity contribution < 1.29 is 4.79 Å². The highest BCUT2D eigenvalue weighted by molar-refractivity contribution is 9.10. The molecular formula is C16H14BrN3O. The van der Waals surface area contributed by atoms with Gasteiger partial charge in [-0.3, -0.25) is 9.78 Å². The molecule has 0 saturated carbocycles. The summed E-state index contributed by atoms with van der Waals surface area (Å²) < 4.78 is 0.948. The maximum atomic E-state index is 12.4. The normalized spacial score (nSPS) is 12.3. The molecule has 0 fully saturated rings. The number of aromatic amines is 1. The van der Waals surface area contributed by atoms with Crippen molar-refractivity contribution >= 4 is 32.7 Å². The molecule has 3 rings (SSSR count). The lowest BCUT2D eigenvalue weighted by molar-refractivity contribution is 0.0941. The number of H-pyrrole nitrogens is 1. The standard InChI is InChI=1S/C16H14BrN3O/c1-10(11-3-2-6-18-8-11)20-16(21)14-9-19-15-5-4-12(17)7-13(14)15/h2-10,19H,1H3,(H,20,21)/t10-/m0/s1. The molecule has 21 heavy (non-hydrogen) atoms. The van der Waals surface area contributed by atoms with Gasteiger partial charge in [-0.1, -0.05) is 22.0 Å². The first kappa shape index (κ1) is 13.8. The minimum absolute atomic E-state index is 0.0942. The van der Waals surface area contributed by atoms with Crippen molar-refractivity contribution in [3.05, 3.63) is 64.5 Å². The Bertz CT molecular complexity index is 783. The van der Waals surface area contributed by atoms with Crippen LogP contribution >= 0.6 is 15.9 Å². The van der Waals surface area contributed by atoms with E-state index < -0.39 is 0 Å². The largest absolute Gasteiger partial charge is 0.360 e. The summed E-state index contributed by atoms with van der Waals surface area (Å²) in [6.07, 6.45) is 5.22. The maximum Gasteiger partial charge on any atom is 0.253 e. The molecule has 1 atom stereocenters. The van der Waals surface area contributed by atoms with Gasteiger partial charge in [0.1, 0.15) is 0 Å². The van der Waals surface area contributed by atoms with Crippen LogP contribution in [0.15, 0.2) is 53.4 Å². The van der Waals surface area contributed by atoms with Crippen LogP contribution in [0, 0.1) is 0 Å². The number of halogens is 1. The van der Waals surface area contributed by atoms with Crippen molar-refractivity contribution in [2.24, 2.45) is 0 Å². The molecule has 4 nitrogen and oxygen atoms in total. The number of amides is 1. The number of carbonyl (C=O) groups is 1. The molecule has 0 aliphatic rings. The predicted octanol–water partition coefficient (Wildman–Crippen LogP) is 3.82. The highest BCUT2D eigenvalue weighted by Crippen LogP contribution is 2.23. The average Bonchev–Trinajstić information content (AvgIpc) is 2.91. The molecule has 0 aliphatic carbocycles. The van der Waals surface area contributed by atoms with Gasteiger partial charge in [-0.15, -0.1) is 0 Å². The molecule has 0 bridgehead atoms. The molecule has 0 saturated heterocycles. The monoisotopic (exact) mass is 343 g/mol. The molecule has 3 aromatic rings. The fourth-order valence-electron chi connectivity index (χ4n) is 2.27. The minimum atomic E-state index is -0.101. The van der Waals surface area contributed by atoms with Crippen molar-refractivity contribution in [1.82, 2.24) is 15.3 Å². The van der Waals surface area contributed by atoms with Crippen molar-refractivity contribution in [3.8, 4) is 0 Å². The Balaban J connectivity index is 1.86. The van der Waals surface area contributed by atoms with Crippen molar-refractivity contribution in [3.63, 3.8) is 0 Å². The van der Waals surface area contributed by atoms with Crippen LogP contribution < -0.4 is 5.32 Å². The number of fused-ring (bicyclic) bond motifs is 1. The molecule has 5 heteroatoms. The second-order valence-corrected chi connectivity index (χ2v) is 5.79. The van der Waals surface area contributed by atoms with Gasteiger partial charge < -0.3 is 10.3 Å². The molecule has 2 N–H and O–H groups in total.